The van der Waals surface area contributed by atoms with Gasteiger partial charge in [0.25, 0.3) is 0 Å². The van der Waals surface area contributed by atoms with Gasteiger partial charge in [0.15, 0.2) is 0 Å². The average Bonchev–Trinajstić information content (AvgIpc) is 2.81. The van der Waals surface area contributed by atoms with Crippen LogP contribution in [0.15, 0.2) is 84.9 Å². The Morgan fingerprint density at radius 3 is 1.93 bits per heavy atom. The van der Waals surface area contributed by atoms with Crippen LogP contribution in [0, 0.1) is 0 Å². The van der Waals surface area contributed by atoms with Crippen molar-refractivity contribution < 1.29 is 14.3 Å². The molecule has 6 heteroatoms. The van der Waals surface area contributed by atoms with Crippen LogP contribution in [0.5, 0.6) is 0 Å². The van der Waals surface area contributed by atoms with Crippen LogP contribution in [0.2, 0.25) is 0 Å². The summed E-state index contributed by atoms with van der Waals surface area (Å²) in [5.41, 5.74) is 4.22. The molecular formula is C24H25N3O3. The van der Waals surface area contributed by atoms with Gasteiger partial charge in [-0.05, 0) is 22.3 Å². The van der Waals surface area contributed by atoms with Gasteiger partial charge in [-0.2, -0.15) is 0 Å². The Morgan fingerprint density at radius 1 is 0.633 bits per heavy atom. The van der Waals surface area contributed by atoms with Crippen molar-refractivity contribution in [2.75, 3.05) is 13.1 Å². The lowest BCUT2D eigenvalue weighted by atomic mass is 10.0. The van der Waals surface area contributed by atoms with E-state index in [0.717, 1.165) is 22.3 Å². The van der Waals surface area contributed by atoms with Crippen molar-refractivity contribution in [3.05, 3.63) is 96.1 Å². The molecule has 0 aliphatic rings. The van der Waals surface area contributed by atoms with Gasteiger partial charge in [0.1, 0.15) is 6.61 Å². The third kappa shape index (κ3) is 6.98. The van der Waals surface area contributed by atoms with E-state index in [1.165, 1.54) is 0 Å². The van der Waals surface area contributed by atoms with Crippen LogP contribution in [0.25, 0.3) is 11.1 Å². The molecule has 6 nitrogen and oxygen atoms in total. The van der Waals surface area contributed by atoms with Crippen molar-refractivity contribution in [3.8, 4) is 11.1 Å². The van der Waals surface area contributed by atoms with Crippen LogP contribution in [-0.2, 0) is 17.9 Å². The molecule has 0 bridgehead atoms. The van der Waals surface area contributed by atoms with E-state index in [1.54, 1.807) is 0 Å². The maximum atomic E-state index is 11.9. The highest BCUT2D eigenvalue weighted by atomic mass is 16.5. The predicted octanol–water partition coefficient (Wildman–Crippen LogP) is 4.08. The zero-order valence-corrected chi connectivity index (χ0v) is 16.6. The maximum Gasteiger partial charge on any atom is 0.407 e. The molecule has 3 aromatic rings. The van der Waals surface area contributed by atoms with E-state index in [-0.39, 0.29) is 19.2 Å². The van der Waals surface area contributed by atoms with Gasteiger partial charge in [-0.15, -0.1) is 0 Å². The van der Waals surface area contributed by atoms with E-state index in [4.69, 9.17) is 4.74 Å². The van der Waals surface area contributed by atoms with Gasteiger partial charge in [0.05, 0.1) is 0 Å². The SMILES string of the molecule is O=C(NCCNC(=O)OCc1ccccc1)NCc1ccc(-c2ccccc2)cc1. The molecule has 0 saturated heterocycles. The van der Waals surface area contributed by atoms with Crippen molar-refractivity contribution in [2.24, 2.45) is 0 Å². The number of benzene rings is 3. The molecular weight excluding hydrogens is 378 g/mol. The molecule has 0 spiro atoms. The fraction of sp³-hybridized carbons (Fsp3) is 0.167. The van der Waals surface area contributed by atoms with Gasteiger partial charge in [-0.25, -0.2) is 9.59 Å². The fourth-order valence-electron chi connectivity index (χ4n) is 2.81. The van der Waals surface area contributed by atoms with Crippen LogP contribution < -0.4 is 16.0 Å². The zero-order chi connectivity index (χ0) is 21.0. The first-order chi connectivity index (χ1) is 14.7. The predicted molar refractivity (Wildman–Crippen MR) is 117 cm³/mol. The summed E-state index contributed by atoms with van der Waals surface area (Å²) in [4.78, 5) is 23.5. The molecule has 154 valence electrons. The van der Waals surface area contributed by atoms with Gasteiger partial charge in [-0.3, -0.25) is 0 Å². The van der Waals surface area contributed by atoms with E-state index < -0.39 is 6.09 Å². The second-order valence-electron chi connectivity index (χ2n) is 6.66. The number of hydrogen-bond acceptors (Lipinski definition) is 3. The molecule has 0 fully saturated rings. The smallest absolute Gasteiger partial charge is 0.407 e. The molecule has 0 saturated carbocycles. The molecule has 3 amide bonds. The van der Waals surface area contributed by atoms with E-state index in [2.05, 4.69) is 28.1 Å². The average molecular weight is 403 g/mol. The molecule has 3 rings (SSSR count). The molecule has 0 aromatic heterocycles. The number of nitrogens with one attached hydrogen (secondary N) is 3. The number of alkyl carbamates (subject to hydrolysis) is 1. The third-order valence-electron chi connectivity index (χ3n) is 4.41. The Kier molecular flexibility index (Phi) is 7.85. The Hall–Kier alpha value is -3.80. The first-order valence-electron chi connectivity index (χ1n) is 9.81. The summed E-state index contributed by atoms with van der Waals surface area (Å²) in [7, 11) is 0. The lowest BCUT2D eigenvalue weighted by Gasteiger charge is -2.10. The number of amides is 3. The fourth-order valence-corrected chi connectivity index (χ4v) is 2.81. The molecule has 0 aliphatic heterocycles. The summed E-state index contributed by atoms with van der Waals surface area (Å²) in [6, 6.07) is 27.3. The summed E-state index contributed by atoms with van der Waals surface area (Å²) in [6.45, 7) is 1.23. The normalized spacial score (nSPS) is 10.1. The van der Waals surface area contributed by atoms with Crippen LogP contribution in [0.4, 0.5) is 9.59 Å². The summed E-state index contributed by atoms with van der Waals surface area (Å²) in [5, 5.41) is 8.10. The topological polar surface area (TPSA) is 79.5 Å². The monoisotopic (exact) mass is 403 g/mol. The van der Waals surface area contributed by atoms with Crippen molar-refractivity contribution >= 4 is 12.1 Å². The van der Waals surface area contributed by atoms with E-state index in [1.807, 2.05) is 72.8 Å². The molecule has 0 heterocycles. The summed E-state index contributed by atoms with van der Waals surface area (Å²) in [6.07, 6.45) is -0.514. The summed E-state index contributed by atoms with van der Waals surface area (Å²) < 4.78 is 5.10. The molecule has 3 aromatic carbocycles. The second kappa shape index (κ2) is 11.3. The first-order valence-corrected chi connectivity index (χ1v) is 9.81. The number of rotatable bonds is 8. The van der Waals surface area contributed by atoms with Crippen molar-refractivity contribution in [1.82, 2.24) is 16.0 Å². The number of carbonyl (C=O) groups is 2. The van der Waals surface area contributed by atoms with E-state index >= 15 is 0 Å². The largest absolute Gasteiger partial charge is 0.445 e. The minimum Gasteiger partial charge on any atom is -0.445 e. The first kappa shape index (κ1) is 20.9. The lowest BCUT2D eigenvalue weighted by Crippen LogP contribution is -2.40. The van der Waals surface area contributed by atoms with Crippen molar-refractivity contribution in [3.63, 3.8) is 0 Å². The van der Waals surface area contributed by atoms with Gasteiger partial charge in [-0.1, -0.05) is 84.9 Å². The maximum absolute atomic E-state index is 11.9. The minimum absolute atomic E-state index is 0.212. The van der Waals surface area contributed by atoms with E-state index in [9.17, 15) is 9.59 Å². The quantitative estimate of drug-likeness (QED) is 0.496. The van der Waals surface area contributed by atoms with Gasteiger partial charge in [0, 0.05) is 19.6 Å². The molecule has 0 radical (unpaired) electrons. The van der Waals surface area contributed by atoms with E-state index in [0.29, 0.717) is 13.1 Å². The van der Waals surface area contributed by atoms with Crippen molar-refractivity contribution in [2.45, 2.75) is 13.2 Å². The summed E-state index contributed by atoms with van der Waals surface area (Å²) >= 11 is 0. The van der Waals surface area contributed by atoms with Crippen molar-refractivity contribution in [1.29, 1.82) is 0 Å². The Labute approximate surface area is 176 Å². The van der Waals surface area contributed by atoms with Crippen LogP contribution in [0.3, 0.4) is 0 Å². The number of urea groups is 1. The lowest BCUT2D eigenvalue weighted by molar-refractivity contribution is 0.139. The number of hydrogen-bond donors (Lipinski definition) is 3. The second-order valence-corrected chi connectivity index (χ2v) is 6.66. The van der Waals surface area contributed by atoms with Gasteiger partial charge >= 0.3 is 12.1 Å². The Morgan fingerprint density at radius 2 is 1.23 bits per heavy atom. The highest BCUT2D eigenvalue weighted by Gasteiger charge is 2.04. The van der Waals surface area contributed by atoms with Gasteiger partial charge < -0.3 is 20.7 Å². The van der Waals surface area contributed by atoms with Crippen LogP contribution >= 0.6 is 0 Å². The van der Waals surface area contributed by atoms with Crippen LogP contribution in [-0.4, -0.2) is 25.2 Å². The number of carbonyl (C=O) groups excluding carboxylic acids is 2. The summed E-state index contributed by atoms with van der Waals surface area (Å²) in [5.74, 6) is 0. The number of ether oxygens (including phenoxy) is 1. The standard InChI is InChI=1S/C24H25N3O3/c28-23(25-15-16-26-24(29)30-18-20-7-3-1-4-8-20)27-17-19-11-13-22(14-12-19)21-9-5-2-6-10-21/h1-14H,15-18H2,(H,26,29)(H2,25,27,28). The van der Waals surface area contributed by atoms with Crippen LogP contribution in [0.1, 0.15) is 11.1 Å². The minimum atomic E-state index is -0.514. The molecule has 0 unspecified atom stereocenters. The molecule has 0 atom stereocenters. The molecule has 3 N–H and O–H groups in total. The Bertz CT molecular complexity index is 929. The highest BCUT2D eigenvalue weighted by molar-refractivity contribution is 5.74. The molecule has 0 aliphatic carbocycles. The van der Waals surface area contributed by atoms with Gasteiger partial charge in [0.2, 0.25) is 0 Å². The highest BCUT2D eigenvalue weighted by Crippen LogP contribution is 2.19. The molecule has 30 heavy (non-hydrogen) atoms. The zero-order valence-electron chi connectivity index (χ0n) is 16.6. The Balaban J connectivity index is 1.29. The third-order valence-corrected chi connectivity index (χ3v) is 4.41.